The lowest BCUT2D eigenvalue weighted by molar-refractivity contribution is 0.666. The Morgan fingerprint density at radius 3 is 1.27 bits per heavy atom. The summed E-state index contributed by atoms with van der Waals surface area (Å²) in [5, 5.41) is 9.79. The first-order valence-corrected chi connectivity index (χ1v) is 25.1. The molecule has 17 rings (SSSR count). The van der Waals surface area contributed by atoms with E-state index in [1.165, 1.54) is 65.4 Å². The van der Waals surface area contributed by atoms with Gasteiger partial charge in [0.25, 0.3) is 0 Å². The second-order valence-electron chi connectivity index (χ2n) is 19.1. The molecule has 0 fully saturated rings. The Morgan fingerprint density at radius 1 is 0.280 bits per heavy atom. The van der Waals surface area contributed by atoms with Crippen molar-refractivity contribution in [1.29, 1.82) is 0 Å². The highest BCUT2D eigenvalue weighted by Gasteiger charge is 2.21. The van der Waals surface area contributed by atoms with Gasteiger partial charge in [0.1, 0.15) is 5.58 Å². The van der Waals surface area contributed by atoms with Crippen molar-refractivity contribution < 1.29 is 4.42 Å². The SMILES string of the molecule is C.c1cc(-n2c3ccccc3c3ccccc32)c2oc3ccc(-n4c5ccccc5c5ccccc54)cc3c2c1.c1ccc(-n2c3ccc(-n4c5ccccc5c5ccccc54)cc3n3c4ccccc4nc23)cc1. The molecular formula is C68H46N6O. The molecule has 75 heavy (non-hydrogen) atoms. The zero-order valence-electron chi connectivity index (χ0n) is 39.8. The minimum absolute atomic E-state index is 0. The van der Waals surface area contributed by atoms with Gasteiger partial charge in [-0.05, 0) is 103 Å². The zero-order chi connectivity index (χ0) is 48.4. The molecule has 0 aliphatic carbocycles. The molecule has 0 amide bonds. The lowest BCUT2D eigenvalue weighted by Crippen LogP contribution is -1.96. The Labute approximate surface area is 430 Å². The van der Waals surface area contributed by atoms with E-state index in [1.54, 1.807) is 0 Å². The first-order chi connectivity index (χ1) is 36.7. The first-order valence-electron chi connectivity index (χ1n) is 25.1. The van der Waals surface area contributed by atoms with Gasteiger partial charge in [-0.15, -0.1) is 0 Å². The summed E-state index contributed by atoms with van der Waals surface area (Å²) in [4.78, 5) is 5.04. The van der Waals surface area contributed by atoms with Crippen LogP contribution in [0.25, 0.3) is 138 Å². The number of imidazole rings is 2. The van der Waals surface area contributed by atoms with Gasteiger partial charge in [-0.3, -0.25) is 8.97 Å². The number of nitrogens with zero attached hydrogens (tertiary/aromatic N) is 6. The maximum Gasteiger partial charge on any atom is 0.220 e. The summed E-state index contributed by atoms with van der Waals surface area (Å²) in [6.45, 7) is 0. The van der Waals surface area contributed by atoms with Crippen LogP contribution in [0.5, 0.6) is 0 Å². The van der Waals surface area contributed by atoms with Gasteiger partial charge in [0, 0.05) is 60.2 Å². The van der Waals surface area contributed by atoms with Crippen molar-refractivity contribution >= 4 is 115 Å². The standard InChI is InChI=1S/C36H22N2O.C31H20N4.CH4/c1-5-15-30-24(10-1)25-11-2-6-16-31(25)37(30)23-20-21-35-29(22-23)28-14-9-19-34(36(28)39-35)38-32-17-7-3-12-26(32)27-13-4-8-18-33(27)38;1-2-10-21(11-3-1)34-29-19-18-22(20-30(29)35-28-17-9-6-14-25(28)32-31(34)35)33-26-15-7-4-12-23(26)24-13-5-8-16-27(24)33;/h1-22H;1-20H;1H4. The summed E-state index contributed by atoms with van der Waals surface area (Å²) in [6.07, 6.45) is 0. The summed E-state index contributed by atoms with van der Waals surface area (Å²) in [6, 6.07) is 90.4. The predicted molar refractivity (Wildman–Crippen MR) is 313 cm³/mol. The van der Waals surface area contributed by atoms with Crippen LogP contribution in [0.4, 0.5) is 0 Å². The van der Waals surface area contributed by atoms with E-state index in [2.05, 4.69) is 271 Å². The van der Waals surface area contributed by atoms with Crippen molar-refractivity contribution in [3.05, 3.63) is 255 Å². The van der Waals surface area contributed by atoms with Crippen LogP contribution in [0.3, 0.4) is 0 Å². The monoisotopic (exact) mass is 962 g/mol. The molecule has 354 valence electrons. The van der Waals surface area contributed by atoms with Crippen LogP contribution in [0.15, 0.2) is 259 Å². The third kappa shape index (κ3) is 6.19. The fraction of sp³-hybridized carbons (Fsp3) is 0.0147. The molecule has 6 aromatic heterocycles. The van der Waals surface area contributed by atoms with Gasteiger partial charge in [-0.25, -0.2) is 4.98 Å². The molecule has 0 bridgehead atoms. The van der Waals surface area contributed by atoms with Gasteiger partial charge >= 0.3 is 0 Å². The molecule has 17 aromatic rings. The lowest BCUT2D eigenvalue weighted by atomic mass is 10.1. The molecule has 0 aliphatic rings. The summed E-state index contributed by atoms with van der Waals surface area (Å²) >= 11 is 0. The molecular weight excluding hydrogens is 917 g/mol. The molecule has 0 saturated heterocycles. The third-order valence-corrected chi connectivity index (χ3v) is 15.2. The summed E-state index contributed by atoms with van der Waals surface area (Å²) < 4.78 is 18.2. The summed E-state index contributed by atoms with van der Waals surface area (Å²) in [5.74, 6) is 0.923. The molecule has 0 saturated carbocycles. The molecule has 0 unspecified atom stereocenters. The van der Waals surface area contributed by atoms with Gasteiger partial charge in [0.15, 0.2) is 5.58 Å². The molecule has 6 heterocycles. The van der Waals surface area contributed by atoms with Crippen LogP contribution < -0.4 is 0 Å². The number of rotatable bonds is 4. The topological polar surface area (TPSA) is 50.2 Å². The summed E-state index contributed by atoms with van der Waals surface area (Å²) in [5.41, 5.74) is 17.8. The fourth-order valence-electron chi connectivity index (χ4n) is 12.0. The highest BCUT2D eigenvalue weighted by Crippen LogP contribution is 2.41. The number of hydrogen-bond donors (Lipinski definition) is 0. The maximum absolute atomic E-state index is 6.62. The largest absolute Gasteiger partial charge is 0.454 e. The lowest BCUT2D eigenvalue weighted by Gasteiger charge is -2.09. The van der Waals surface area contributed by atoms with E-state index in [0.717, 1.165) is 72.5 Å². The second-order valence-corrected chi connectivity index (χ2v) is 19.1. The predicted octanol–water partition coefficient (Wildman–Crippen LogP) is 17.9. The smallest absolute Gasteiger partial charge is 0.220 e. The Hall–Kier alpha value is -10.1. The maximum atomic E-state index is 6.62. The van der Waals surface area contributed by atoms with E-state index in [-0.39, 0.29) is 7.43 Å². The quantitative estimate of drug-likeness (QED) is 0.176. The minimum Gasteiger partial charge on any atom is -0.454 e. The third-order valence-electron chi connectivity index (χ3n) is 15.2. The Morgan fingerprint density at radius 2 is 0.720 bits per heavy atom. The van der Waals surface area contributed by atoms with Gasteiger partial charge in [0.05, 0.1) is 60.9 Å². The van der Waals surface area contributed by atoms with E-state index in [0.29, 0.717) is 0 Å². The van der Waals surface area contributed by atoms with Crippen molar-refractivity contribution in [3.8, 4) is 22.7 Å². The van der Waals surface area contributed by atoms with Crippen molar-refractivity contribution in [2.24, 2.45) is 0 Å². The van der Waals surface area contributed by atoms with Crippen LogP contribution >= 0.6 is 0 Å². The molecule has 0 radical (unpaired) electrons. The van der Waals surface area contributed by atoms with E-state index in [9.17, 15) is 0 Å². The van der Waals surface area contributed by atoms with Crippen LogP contribution in [0.1, 0.15) is 7.43 Å². The number of furan rings is 1. The van der Waals surface area contributed by atoms with Crippen molar-refractivity contribution in [1.82, 2.24) is 27.7 Å². The number of aromatic nitrogens is 6. The van der Waals surface area contributed by atoms with Crippen molar-refractivity contribution in [3.63, 3.8) is 0 Å². The highest BCUT2D eigenvalue weighted by molar-refractivity contribution is 6.14. The highest BCUT2D eigenvalue weighted by atomic mass is 16.3. The molecule has 0 N–H and O–H groups in total. The van der Waals surface area contributed by atoms with Crippen LogP contribution in [0, 0.1) is 0 Å². The summed E-state index contributed by atoms with van der Waals surface area (Å²) in [7, 11) is 0. The van der Waals surface area contributed by atoms with Gasteiger partial charge in [-0.2, -0.15) is 0 Å². The van der Waals surface area contributed by atoms with E-state index >= 15 is 0 Å². The average Bonchev–Trinajstić information content (AvgIpc) is 4.37. The minimum atomic E-state index is 0. The van der Waals surface area contributed by atoms with Gasteiger partial charge in [-0.1, -0.05) is 159 Å². The van der Waals surface area contributed by atoms with E-state index in [4.69, 9.17) is 9.40 Å². The van der Waals surface area contributed by atoms with Crippen LogP contribution in [-0.4, -0.2) is 27.7 Å². The van der Waals surface area contributed by atoms with Crippen LogP contribution in [0.2, 0.25) is 0 Å². The molecule has 0 aliphatic heterocycles. The fourth-order valence-corrected chi connectivity index (χ4v) is 12.0. The molecule has 0 spiro atoms. The number of fused-ring (bicyclic) bond motifs is 17. The molecule has 0 atom stereocenters. The van der Waals surface area contributed by atoms with Crippen LogP contribution in [-0.2, 0) is 0 Å². The zero-order valence-corrected chi connectivity index (χ0v) is 39.8. The number of benzene rings is 11. The van der Waals surface area contributed by atoms with Gasteiger partial charge < -0.3 is 18.1 Å². The van der Waals surface area contributed by atoms with E-state index in [1.807, 2.05) is 6.07 Å². The molecule has 7 nitrogen and oxygen atoms in total. The molecule has 7 heteroatoms. The normalized spacial score (nSPS) is 11.9. The number of para-hydroxylation sites is 10. The van der Waals surface area contributed by atoms with Crippen molar-refractivity contribution in [2.75, 3.05) is 0 Å². The van der Waals surface area contributed by atoms with E-state index < -0.39 is 0 Å². The Kier molecular flexibility index (Phi) is 9.34. The number of hydrogen-bond acceptors (Lipinski definition) is 2. The first kappa shape index (κ1) is 42.6. The Bertz CT molecular complexity index is 4940. The second kappa shape index (κ2) is 16.5. The van der Waals surface area contributed by atoms with Crippen molar-refractivity contribution in [2.45, 2.75) is 7.43 Å². The average molecular weight is 963 g/mol. The Balaban J connectivity index is 0.000000131. The molecule has 11 aromatic carbocycles. The van der Waals surface area contributed by atoms with Gasteiger partial charge in [0.2, 0.25) is 5.78 Å².